The zero-order chi connectivity index (χ0) is 20.4. The summed E-state index contributed by atoms with van der Waals surface area (Å²) in [6.45, 7) is 2.11. The zero-order valence-corrected chi connectivity index (χ0v) is 16.4. The topological polar surface area (TPSA) is 71.6 Å². The van der Waals surface area contributed by atoms with E-state index in [1.165, 1.54) is 19.2 Å². The summed E-state index contributed by atoms with van der Waals surface area (Å²) in [5.41, 5.74) is 6.84. The van der Waals surface area contributed by atoms with Crippen LogP contribution < -0.4 is 25.6 Å². The molecule has 0 bridgehead atoms. The van der Waals surface area contributed by atoms with Crippen LogP contribution in [0.1, 0.15) is 18.1 Å². The predicted octanol–water partition coefficient (Wildman–Crippen LogP) is 2.94. The molecule has 0 heterocycles. The Morgan fingerprint density at radius 1 is 1.14 bits per heavy atom. The van der Waals surface area contributed by atoms with Crippen molar-refractivity contribution in [1.82, 2.24) is 16.2 Å². The molecule has 2 aromatic rings. The van der Waals surface area contributed by atoms with Gasteiger partial charge in [0.2, 0.25) is 0 Å². The molecule has 0 aliphatic carbocycles. The molecule has 1 amide bonds. The van der Waals surface area contributed by atoms with E-state index >= 15 is 0 Å². The van der Waals surface area contributed by atoms with Gasteiger partial charge in [-0.15, -0.1) is 0 Å². The summed E-state index contributed by atoms with van der Waals surface area (Å²) >= 11 is 5.08. The maximum Gasteiger partial charge on any atom is 0.276 e. The molecule has 6 nitrogen and oxygen atoms in total. The second kappa shape index (κ2) is 10.9. The second-order valence-electron chi connectivity index (χ2n) is 5.68. The first-order valence-electron chi connectivity index (χ1n) is 8.52. The number of halogens is 1. The Morgan fingerprint density at radius 3 is 2.57 bits per heavy atom. The maximum absolute atomic E-state index is 12.9. The second-order valence-corrected chi connectivity index (χ2v) is 6.09. The number of hydrogen-bond donors (Lipinski definition) is 3. The average Bonchev–Trinajstić information content (AvgIpc) is 2.71. The molecule has 0 saturated carbocycles. The summed E-state index contributed by atoms with van der Waals surface area (Å²) in [6, 6.07) is 11.4. The van der Waals surface area contributed by atoms with Crippen LogP contribution in [0.2, 0.25) is 0 Å². The Balaban J connectivity index is 1.74. The number of hydrogen-bond acceptors (Lipinski definition) is 4. The van der Waals surface area contributed by atoms with Crippen LogP contribution in [0.3, 0.4) is 0 Å². The Morgan fingerprint density at radius 2 is 1.89 bits per heavy atom. The van der Waals surface area contributed by atoms with Crippen molar-refractivity contribution in [2.24, 2.45) is 0 Å². The SMILES string of the molecule is C/C=C/c1ccc(OCC(=O)NNC(=S)NCc2ccc(F)cc2)c(OC)c1. The molecule has 3 N–H and O–H groups in total. The van der Waals surface area contributed by atoms with Crippen molar-refractivity contribution in [3.63, 3.8) is 0 Å². The first-order valence-corrected chi connectivity index (χ1v) is 8.93. The van der Waals surface area contributed by atoms with Crippen LogP contribution in [-0.4, -0.2) is 24.7 Å². The minimum absolute atomic E-state index is 0.215. The van der Waals surface area contributed by atoms with E-state index in [9.17, 15) is 9.18 Å². The smallest absolute Gasteiger partial charge is 0.276 e. The molecular formula is C20H22FN3O3S. The van der Waals surface area contributed by atoms with Gasteiger partial charge in [-0.05, 0) is 54.5 Å². The molecule has 2 rings (SSSR count). The first kappa shape index (κ1) is 21.2. The monoisotopic (exact) mass is 403 g/mol. The molecule has 0 aromatic heterocycles. The Labute approximate surface area is 168 Å². The molecule has 0 aliphatic heterocycles. The van der Waals surface area contributed by atoms with Crippen LogP contribution >= 0.6 is 12.2 Å². The van der Waals surface area contributed by atoms with Gasteiger partial charge in [0.25, 0.3) is 5.91 Å². The van der Waals surface area contributed by atoms with Crippen molar-refractivity contribution in [3.05, 3.63) is 65.5 Å². The number of ether oxygens (including phenoxy) is 2. The number of carbonyl (C=O) groups is 1. The summed E-state index contributed by atoms with van der Waals surface area (Å²) in [7, 11) is 1.54. The summed E-state index contributed by atoms with van der Waals surface area (Å²) in [5, 5.41) is 3.13. The molecule has 0 spiro atoms. The number of carbonyl (C=O) groups excluding carboxylic acids is 1. The number of rotatable bonds is 7. The highest BCUT2D eigenvalue weighted by molar-refractivity contribution is 7.80. The van der Waals surface area contributed by atoms with E-state index in [0.717, 1.165) is 11.1 Å². The number of methoxy groups -OCH3 is 1. The molecule has 0 fully saturated rings. The number of thiocarbonyl (C=S) groups is 1. The lowest BCUT2D eigenvalue weighted by Gasteiger charge is -2.13. The Bertz CT molecular complexity index is 841. The molecule has 28 heavy (non-hydrogen) atoms. The van der Waals surface area contributed by atoms with Crippen LogP contribution in [-0.2, 0) is 11.3 Å². The van der Waals surface area contributed by atoms with Gasteiger partial charge in [-0.3, -0.25) is 15.6 Å². The number of amides is 1. The number of allylic oxidation sites excluding steroid dienone is 1. The molecule has 148 valence electrons. The van der Waals surface area contributed by atoms with Crippen molar-refractivity contribution in [1.29, 1.82) is 0 Å². The minimum Gasteiger partial charge on any atom is -0.493 e. The highest BCUT2D eigenvalue weighted by Crippen LogP contribution is 2.28. The third-order valence-corrected chi connectivity index (χ3v) is 3.83. The summed E-state index contributed by atoms with van der Waals surface area (Å²) in [6.07, 6.45) is 3.85. The van der Waals surface area contributed by atoms with Crippen LogP contribution in [0.15, 0.2) is 48.5 Å². The van der Waals surface area contributed by atoms with Gasteiger partial charge in [-0.25, -0.2) is 4.39 Å². The normalized spacial score (nSPS) is 10.4. The molecule has 8 heteroatoms. The summed E-state index contributed by atoms with van der Waals surface area (Å²) in [4.78, 5) is 11.9. The first-order chi connectivity index (χ1) is 13.5. The van der Waals surface area contributed by atoms with E-state index in [2.05, 4.69) is 16.2 Å². The van der Waals surface area contributed by atoms with E-state index in [0.29, 0.717) is 18.0 Å². The standard InChI is InChI=1S/C20H22FN3O3S/c1-3-4-14-7-10-17(18(11-14)26-2)27-13-19(25)23-24-20(28)22-12-15-5-8-16(21)9-6-15/h3-11H,12-13H2,1-2H3,(H,23,25)(H2,22,24,28)/b4-3+. The van der Waals surface area contributed by atoms with Crippen LogP contribution in [0, 0.1) is 5.82 Å². The molecule has 0 radical (unpaired) electrons. The van der Waals surface area contributed by atoms with E-state index < -0.39 is 5.91 Å². The van der Waals surface area contributed by atoms with Gasteiger partial charge in [-0.2, -0.15) is 0 Å². The molecule has 0 atom stereocenters. The molecule has 0 aliphatic rings. The summed E-state index contributed by atoms with van der Waals surface area (Å²) in [5.74, 6) is 0.283. The van der Waals surface area contributed by atoms with Crippen LogP contribution in [0.4, 0.5) is 4.39 Å². The number of hydrazine groups is 1. The van der Waals surface area contributed by atoms with Gasteiger partial charge in [0.1, 0.15) is 5.82 Å². The predicted molar refractivity (Wildman–Crippen MR) is 110 cm³/mol. The van der Waals surface area contributed by atoms with Gasteiger partial charge in [0, 0.05) is 6.54 Å². The van der Waals surface area contributed by atoms with Crippen LogP contribution in [0.25, 0.3) is 6.08 Å². The van der Waals surface area contributed by atoms with E-state index in [1.807, 2.05) is 31.2 Å². The van der Waals surface area contributed by atoms with Gasteiger partial charge >= 0.3 is 0 Å². The number of nitrogens with one attached hydrogen (secondary N) is 3. The average molecular weight is 403 g/mol. The largest absolute Gasteiger partial charge is 0.493 e. The lowest BCUT2D eigenvalue weighted by molar-refractivity contribution is -0.123. The quantitative estimate of drug-likeness (QED) is 0.488. The van der Waals surface area contributed by atoms with Crippen molar-refractivity contribution < 1.29 is 18.7 Å². The molecule has 2 aromatic carbocycles. The van der Waals surface area contributed by atoms with Gasteiger partial charge < -0.3 is 14.8 Å². The van der Waals surface area contributed by atoms with Crippen molar-refractivity contribution in [2.45, 2.75) is 13.5 Å². The van der Waals surface area contributed by atoms with E-state index in [1.54, 1.807) is 18.2 Å². The van der Waals surface area contributed by atoms with Crippen molar-refractivity contribution >= 4 is 29.3 Å². The van der Waals surface area contributed by atoms with Crippen molar-refractivity contribution in [3.8, 4) is 11.5 Å². The van der Waals surface area contributed by atoms with Crippen LogP contribution in [0.5, 0.6) is 11.5 Å². The van der Waals surface area contributed by atoms with Gasteiger partial charge in [0.05, 0.1) is 7.11 Å². The fraction of sp³-hybridized carbons (Fsp3) is 0.200. The van der Waals surface area contributed by atoms with Gasteiger partial charge in [-0.1, -0.05) is 30.4 Å². The molecule has 0 unspecified atom stereocenters. The third-order valence-electron chi connectivity index (χ3n) is 3.59. The Hall–Kier alpha value is -3.13. The van der Waals surface area contributed by atoms with E-state index in [4.69, 9.17) is 21.7 Å². The van der Waals surface area contributed by atoms with E-state index in [-0.39, 0.29) is 17.5 Å². The fourth-order valence-corrected chi connectivity index (χ4v) is 2.36. The molecular weight excluding hydrogens is 381 g/mol. The number of benzene rings is 2. The lowest BCUT2D eigenvalue weighted by Crippen LogP contribution is -2.48. The third kappa shape index (κ3) is 6.88. The zero-order valence-electron chi connectivity index (χ0n) is 15.6. The minimum atomic E-state index is -0.412. The summed E-state index contributed by atoms with van der Waals surface area (Å²) < 4.78 is 23.6. The maximum atomic E-state index is 12.9. The highest BCUT2D eigenvalue weighted by atomic mass is 32.1. The fourth-order valence-electron chi connectivity index (χ4n) is 2.23. The lowest BCUT2D eigenvalue weighted by atomic mass is 10.2. The van der Waals surface area contributed by atoms with Crippen molar-refractivity contribution in [2.75, 3.05) is 13.7 Å². The Kier molecular flexibility index (Phi) is 8.23. The highest BCUT2D eigenvalue weighted by Gasteiger charge is 2.08. The van der Waals surface area contributed by atoms with Gasteiger partial charge in [0.15, 0.2) is 23.2 Å². The molecule has 0 saturated heterocycles.